The molecular weight excluding hydrogens is 564 g/mol. The molecule has 0 radical (unpaired) electrons. The van der Waals surface area contributed by atoms with Gasteiger partial charge in [-0.3, -0.25) is 9.59 Å². The Hall–Kier alpha value is -4.41. The van der Waals surface area contributed by atoms with Crippen LogP contribution in [0.1, 0.15) is 19.8 Å². The summed E-state index contributed by atoms with van der Waals surface area (Å²) in [5.41, 5.74) is -1.81. The third-order valence-corrected chi connectivity index (χ3v) is 6.43. The summed E-state index contributed by atoms with van der Waals surface area (Å²) in [7, 11) is 0. The van der Waals surface area contributed by atoms with Crippen LogP contribution in [0.25, 0.3) is 22.3 Å². The molecule has 0 bridgehead atoms. The molecule has 0 spiro atoms. The van der Waals surface area contributed by atoms with E-state index < -0.39 is 84.9 Å². The fourth-order valence-electron chi connectivity index (χ4n) is 4.34. The number of benzene rings is 2. The van der Waals surface area contributed by atoms with Crippen molar-refractivity contribution >= 4 is 22.9 Å². The van der Waals surface area contributed by atoms with Crippen molar-refractivity contribution < 1.29 is 74.2 Å². The molecule has 2 aromatic carbocycles. The molecule has 15 nitrogen and oxygen atoms in total. The first-order valence-corrected chi connectivity index (χ1v) is 12.5. The van der Waals surface area contributed by atoms with Crippen molar-refractivity contribution in [2.24, 2.45) is 0 Å². The number of hydrogen-bond donors (Lipinski definition) is 9. The van der Waals surface area contributed by atoms with Crippen LogP contribution >= 0.6 is 0 Å². The topological polar surface area (TPSA) is 255 Å². The van der Waals surface area contributed by atoms with Crippen molar-refractivity contribution in [2.45, 2.75) is 56.1 Å². The fourth-order valence-corrected chi connectivity index (χ4v) is 4.34. The van der Waals surface area contributed by atoms with E-state index in [0.717, 1.165) is 25.1 Å². The zero-order valence-corrected chi connectivity index (χ0v) is 21.9. The van der Waals surface area contributed by atoms with E-state index in [2.05, 4.69) is 0 Å². The van der Waals surface area contributed by atoms with Crippen molar-refractivity contribution in [3.8, 4) is 40.1 Å². The maximum Gasteiger partial charge on any atom is 0.402 e. The normalized spacial score (nSPS) is 23.7. The summed E-state index contributed by atoms with van der Waals surface area (Å²) in [4.78, 5) is 23.1. The third-order valence-electron chi connectivity index (χ3n) is 6.43. The molecular formula is C27H29O15+. The van der Waals surface area contributed by atoms with Gasteiger partial charge in [-0.25, -0.2) is 4.42 Å². The van der Waals surface area contributed by atoms with Crippen molar-refractivity contribution in [3.63, 3.8) is 0 Å². The van der Waals surface area contributed by atoms with Crippen LogP contribution in [0.3, 0.4) is 0 Å². The van der Waals surface area contributed by atoms with Crippen LogP contribution in [0.2, 0.25) is 0 Å². The molecule has 4 rings (SSSR count). The van der Waals surface area contributed by atoms with Crippen LogP contribution in [0, 0.1) is 0 Å². The second-order valence-corrected chi connectivity index (χ2v) is 10.1. The van der Waals surface area contributed by atoms with Crippen molar-refractivity contribution in [1.29, 1.82) is 0 Å². The standard InChI is InChI=1S/C27H28O15/c1-27(38,8-20(32)33)9-21(34)39-10-19-22(35)23(36)24(37)26(42-19)41-18-7-13-15(30)5-12(28)6-17(13)40-25(18)11-2-3-14(29)16(31)4-11/h2-7,19,22-24,26,35-38H,8-10H2,1H3,(H4-,28,29,30,31,32,33)/p+1/t19-,22-,23+,24-,26-,27?/m1/s1. The second kappa shape index (κ2) is 11.8. The number of fused-ring (bicyclic) bond motifs is 1. The number of carbonyl (C=O) groups is 2. The Kier molecular flexibility index (Phi) is 8.60. The number of carbonyl (C=O) groups excluding carboxylic acids is 1. The summed E-state index contributed by atoms with van der Waals surface area (Å²) in [6, 6.07) is 7.07. The molecule has 2 heterocycles. The van der Waals surface area contributed by atoms with Crippen molar-refractivity contribution in [2.75, 3.05) is 6.61 Å². The minimum absolute atomic E-state index is 0.0217. The van der Waals surface area contributed by atoms with Gasteiger partial charge in [0.25, 0.3) is 0 Å². The van der Waals surface area contributed by atoms with Gasteiger partial charge in [-0.05, 0) is 19.1 Å². The Bertz CT molecular complexity index is 1490. The maximum atomic E-state index is 12.2. The van der Waals surface area contributed by atoms with Crippen LogP contribution in [-0.4, -0.2) is 101 Å². The zero-order chi connectivity index (χ0) is 30.9. The SMILES string of the molecule is CC(O)(CC(=O)O)CC(=O)OC[C@H]1O[C@@H](Oc2cc3c(O)cc(O)cc3[o+]c2-c2ccc(O)c(O)c2)[C@H](O)[C@@H](O)[C@@H]1O. The summed E-state index contributed by atoms with van der Waals surface area (Å²) >= 11 is 0. The van der Waals surface area contributed by atoms with Gasteiger partial charge >= 0.3 is 23.3 Å². The second-order valence-electron chi connectivity index (χ2n) is 10.1. The number of aliphatic hydroxyl groups excluding tert-OH is 3. The van der Waals surface area contributed by atoms with E-state index in [9.17, 15) is 50.4 Å². The monoisotopic (exact) mass is 593 g/mol. The number of esters is 1. The van der Waals surface area contributed by atoms with Crippen molar-refractivity contribution in [1.82, 2.24) is 0 Å². The first kappa shape index (κ1) is 30.5. The van der Waals surface area contributed by atoms with E-state index in [1.165, 1.54) is 18.2 Å². The number of carboxylic acids is 1. The number of phenolic OH excluding ortho intramolecular Hbond substituents is 4. The molecule has 1 unspecified atom stereocenters. The van der Waals surface area contributed by atoms with E-state index in [0.29, 0.717) is 0 Å². The summed E-state index contributed by atoms with van der Waals surface area (Å²) < 4.78 is 22.2. The third kappa shape index (κ3) is 6.72. The van der Waals surface area contributed by atoms with Gasteiger partial charge < -0.3 is 60.2 Å². The molecule has 6 atom stereocenters. The average molecular weight is 594 g/mol. The van der Waals surface area contributed by atoms with Crippen LogP contribution < -0.4 is 4.74 Å². The first-order valence-electron chi connectivity index (χ1n) is 12.5. The smallest absolute Gasteiger partial charge is 0.402 e. The summed E-state index contributed by atoms with van der Waals surface area (Å²) in [6.07, 6.45) is -10.1. The van der Waals surface area contributed by atoms with Crippen molar-refractivity contribution in [3.05, 3.63) is 36.4 Å². The molecule has 1 aliphatic rings. The number of carboxylic acid groups (broad SMARTS) is 1. The van der Waals surface area contributed by atoms with Crippen LogP contribution in [0.5, 0.6) is 28.7 Å². The lowest BCUT2D eigenvalue weighted by Crippen LogP contribution is -2.60. The Balaban J connectivity index is 1.62. The van der Waals surface area contributed by atoms with Gasteiger partial charge in [-0.2, -0.15) is 0 Å². The van der Waals surface area contributed by atoms with E-state index in [1.807, 2.05) is 0 Å². The highest BCUT2D eigenvalue weighted by atomic mass is 16.7. The number of aliphatic carboxylic acids is 1. The maximum absolute atomic E-state index is 12.2. The van der Waals surface area contributed by atoms with Crippen LogP contribution in [0.4, 0.5) is 0 Å². The largest absolute Gasteiger partial charge is 0.507 e. The predicted octanol–water partition coefficient (Wildman–Crippen LogP) is 0.549. The highest BCUT2D eigenvalue weighted by Gasteiger charge is 2.46. The van der Waals surface area contributed by atoms with E-state index in [4.69, 9.17) is 23.7 Å². The van der Waals surface area contributed by atoms with E-state index in [1.54, 1.807) is 0 Å². The average Bonchev–Trinajstić information content (AvgIpc) is 2.88. The molecule has 0 saturated carbocycles. The number of ether oxygens (including phenoxy) is 3. The molecule has 0 amide bonds. The summed E-state index contributed by atoms with van der Waals surface area (Å²) in [5.74, 6) is -4.44. The lowest BCUT2D eigenvalue weighted by molar-refractivity contribution is -0.278. The lowest BCUT2D eigenvalue weighted by atomic mass is 9.98. The molecule has 15 heteroatoms. The van der Waals surface area contributed by atoms with Gasteiger partial charge in [0.1, 0.15) is 47.9 Å². The first-order chi connectivity index (χ1) is 19.6. The summed E-state index contributed by atoms with van der Waals surface area (Å²) in [6.45, 7) is 0.436. The van der Waals surface area contributed by atoms with E-state index >= 15 is 0 Å². The minimum atomic E-state index is -1.92. The fraction of sp³-hybridized carbons (Fsp3) is 0.370. The molecule has 3 aromatic rings. The van der Waals surface area contributed by atoms with Crippen LogP contribution in [0.15, 0.2) is 40.8 Å². The Morgan fingerprint density at radius 2 is 1.64 bits per heavy atom. The molecule has 1 fully saturated rings. The molecule has 9 N–H and O–H groups in total. The lowest BCUT2D eigenvalue weighted by Gasteiger charge is -2.39. The quantitative estimate of drug-likeness (QED) is 0.0932. The highest BCUT2D eigenvalue weighted by molar-refractivity contribution is 5.88. The minimum Gasteiger partial charge on any atom is -0.507 e. The van der Waals surface area contributed by atoms with Gasteiger partial charge in [0.15, 0.2) is 11.5 Å². The summed E-state index contributed by atoms with van der Waals surface area (Å²) in [5, 5.41) is 90.4. The Morgan fingerprint density at radius 1 is 0.929 bits per heavy atom. The number of phenols is 4. The van der Waals surface area contributed by atoms with Gasteiger partial charge in [0, 0.05) is 18.2 Å². The van der Waals surface area contributed by atoms with E-state index in [-0.39, 0.29) is 33.8 Å². The molecule has 1 aliphatic heterocycles. The van der Waals surface area contributed by atoms with Crippen LogP contribution in [-0.2, 0) is 19.1 Å². The van der Waals surface area contributed by atoms with Gasteiger partial charge in [0.2, 0.25) is 12.0 Å². The molecule has 0 aliphatic carbocycles. The molecule has 226 valence electrons. The molecule has 42 heavy (non-hydrogen) atoms. The van der Waals surface area contributed by atoms with Gasteiger partial charge in [0.05, 0.1) is 30.1 Å². The number of rotatable bonds is 9. The number of aliphatic hydroxyl groups is 4. The number of hydrogen-bond acceptors (Lipinski definition) is 13. The number of aromatic hydroxyl groups is 4. The zero-order valence-electron chi connectivity index (χ0n) is 21.9. The Labute approximate surface area is 236 Å². The molecule has 1 saturated heterocycles. The predicted molar refractivity (Wildman–Crippen MR) is 138 cm³/mol. The highest BCUT2D eigenvalue weighted by Crippen LogP contribution is 2.42. The Morgan fingerprint density at radius 3 is 2.31 bits per heavy atom. The van der Waals surface area contributed by atoms with Gasteiger partial charge in [-0.15, -0.1) is 0 Å². The molecule has 1 aromatic heterocycles. The van der Waals surface area contributed by atoms with Gasteiger partial charge in [-0.1, -0.05) is 0 Å².